The first-order valence-corrected chi connectivity index (χ1v) is 13.5. The number of fused-ring (bicyclic) bond motifs is 1. The molecule has 1 saturated heterocycles. The van der Waals surface area contributed by atoms with Crippen LogP contribution in [0, 0.1) is 5.92 Å². The molecule has 0 atom stereocenters. The van der Waals surface area contributed by atoms with E-state index in [-0.39, 0.29) is 17.5 Å². The molecule has 34 heavy (non-hydrogen) atoms. The molecule has 1 aliphatic rings. The highest BCUT2D eigenvalue weighted by Gasteiger charge is 2.30. The molecule has 1 aromatic carbocycles. The van der Waals surface area contributed by atoms with E-state index in [1.807, 2.05) is 32.2 Å². The predicted molar refractivity (Wildman–Crippen MR) is 132 cm³/mol. The number of aromatic nitrogens is 2. The fraction of sp³-hybridized carbons (Fsp3) is 0.417. The van der Waals surface area contributed by atoms with Gasteiger partial charge in [-0.25, -0.2) is 13.4 Å². The molecule has 0 amide bonds. The Balaban J connectivity index is 1.44. The van der Waals surface area contributed by atoms with Crippen LogP contribution in [0.25, 0.3) is 11.0 Å². The monoisotopic (exact) mass is 549 g/mol. The summed E-state index contributed by atoms with van der Waals surface area (Å²) < 4.78 is 35.7. The Morgan fingerprint density at radius 3 is 2.47 bits per heavy atom. The smallest absolute Gasteiger partial charge is 0.323 e. The highest BCUT2D eigenvalue weighted by Crippen LogP contribution is 2.30. The van der Waals surface area contributed by atoms with Gasteiger partial charge in [0.2, 0.25) is 10.0 Å². The standard InChI is InChI=1S/C24H28BrN3O5S/c1-16(2)33-19-3-5-20(6-4-19)34(31,32)28-11-9-17(10-12-28)13-18-14-27(15-23(29)30)24-21(18)7-8-22(25)26-24/h3-8,14,16-17H,9-13,15H2,1-2H3,(H,29,30). The number of aliphatic carboxylic acids is 1. The molecule has 3 heterocycles. The number of carboxylic acids is 1. The Bertz CT molecular complexity index is 1280. The second-order valence-corrected chi connectivity index (χ2v) is 11.6. The summed E-state index contributed by atoms with van der Waals surface area (Å²) in [5, 5.41) is 10.2. The summed E-state index contributed by atoms with van der Waals surface area (Å²) >= 11 is 3.36. The van der Waals surface area contributed by atoms with E-state index in [1.165, 1.54) is 0 Å². The average Bonchev–Trinajstić information content (AvgIpc) is 3.09. The van der Waals surface area contributed by atoms with Crippen molar-refractivity contribution in [2.75, 3.05) is 13.1 Å². The molecular formula is C24H28BrN3O5S. The number of ether oxygens (including phenoxy) is 1. The van der Waals surface area contributed by atoms with E-state index in [0.29, 0.717) is 35.0 Å². The maximum Gasteiger partial charge on any atom is 0.323 e. The molecule has 182 valence electrons. The Kier molecular flexibility index (Phi) is 7.30. The van der Waals surface area contributed by atoms with Crippen LogP contribution in [0.2, 0.25) is 0 Å². The molecular weight excluding hydrogens is 522 g/mol. The molecule has 2 aromatic heterocycles. The van der Waals surface area contributed by atoms with E-state index in [9.17, 15) is 18.3 Å². The van der Waals surface area contributed by atoms with E-state index in [0.717, 1.165) is 30.2 Å². The first-order chi connectivity index (χ1) is 16.1. The van der Waals surface area contributed by atoms with Gasteiger partial charge in [0.05, 0.1) is 11.0 Å². The molecule has 1 aliphatic heterocycles. The second-order valence-electron chi connectivity index (χ2n) is 8.87. The number of carboxylic acid groups (broad SMARTS) is 1. The van der Waals surface area contributed by atoms with Crippen molar-refractivity contribution in [3.8, 4) is 5.75 Å². The minimum Gasteiger partial charge on any atom is -0.491 e. The van der Waals surface area contributed by atoms with Crippen molar-refractivity contribution < 1.29 is 23.1 Å². The largest absolute Gasteiger partial charge is 0.491 e. The van der Waals surface area contributed by atoms with E-state index in [4.69, 9.17) is 4.74 Å². The molecule has 0 aliphatic carbocycles. The molecule has 3 aromatic rings. The Morgan fingerprint density at radius 1 is 1.18 bits per heavy atom. The van der Waals surface area contributed by atoms with Crippen molar-refractivity contribution in [1.82, 2.24) is 13.9 Å². The van der Waals surface area contributed by atoms with Gasteiger partial charge >= 0.3 is 5.97 Å². The quantitative estimate of drug-likeness (QED) is 0.420. The van der Waals surface area contributed by atoms with Crippen LogP contribution in [-0.2, 0) is 27.8 Å². The van der Waals surface area contributed by atoms with Crippen LogP contribution in [0.3, 0.4) is 0 Å². The summed E-state index contributed by atoms with van der Waals surface area (Å²) in [6.45, 7) is 4.60. The lowest BCUT2D eigenvalue weighted by Crippen LogP contribution is -2.38. The van der Waals surface area contributed by atoms with E-state index >= 15 is 0 Å². The summed E-state index contributed by atoms with van der Waals surface area (Å²) in [5.41, 5.74) is 1.68. The zero-order valence-electron chi connectivity index (χ0n) is 19.1. The highest BCUT2D eigenvalue weighted by atomic mass is 79.9. The molecule has 1 N–H and O–H groups in total. The minimum atomic E-state index is -3.56. The van der Waals surface area contributed by atoms with Gasteiger partial charge < -0.3 is 14.4 Å². The van der Waals surface area contributed by atoms with E-state index in [2.05, 4.69) is 20.9 Å². The third-order valence-electron chi connectivity index (χ3n) is 5.99. The summed E-state index contributed by atoms with van der Waals surface area (Å²) in [4.78, 5) is 16.0. The van der Waals surface area contributed by atoms with Crippen molar-refractivity contribution in [2.24, 2.45) is 5.92 Å². The first kappa shape index (κ1) is 24.7. The third kappa shape index (κ3) is 5.45. The van der Waals surface area contributed by atoms with Gasteiger partial charge in [-0.05, 0) is 96.9 Å². The lowest BCUT2D eigenvalue weighted by molar-refractivity contribution is -0.137. The van der Waals surface area contributed by atoms with Crippen LogP contribution in [-0.4, -0.2) is 52.5 Å². The van der Waals surface area contributed by atoms with Gasteiger partial charge in [0.1, 0.15) is 22.5 Å². The molecule has 8 nitrogen and oxygen atoms in total. The van der Waals surface area contributed by atoms with E-state index < -0.39 is 16.0 Å². The van der Waals surface area contributed by atoms with Gasteiger partial charge in [-0.2, -0.15) is 4.31 Å². The molecule has 0 spiro atoms. The van der Waals surface area contributed by atoms with Crippen LogP contribution < -0.4 is 4.74 Å². The number of nitrogens with zero attached hydrogens (tertiary/aromatic N) is 3. The zero-order valence-corrected chi connectivity index (χ0v) is 21.5. The normalized spacial score (nSPS) is 15.8. The van der Waals surface area contributed by atoms with Gasteiger partial charge in [-0.3, -0.25) is 4.79 Å². The fourth-order valence-corrected chi connectivity index (χ4v) is 6.19. The van der Waals surface area contributed by atoms with Crippen molar-refractivity contribution in [1.29, 1.82) is 0 Å². The maximum atomic E-state index is 13.1. The van der Waals surface area contributed by atoms with Crippen LogP contribution in [0.5, 0.6) is 5.75 Å². The van der Waals surface area contributed by atoms with Crippen molar-refractivity contribution >= 4 is 43.0 Å². The lowest BCUT2D eigenvalue weighted by Gasteiger charge is -2.31. The topological polar surface area (TPSA) is 102 Å². The number of halogens is 1. The van der Waals surface area contributed by atoms with Gasteiger partial charge in [-0.1, -0.05) is 0 Å². The van der Waals surface area contributed by atoms with Gasteiger partial charge in [0, 0.05) is 24.7 Å². The van der Waals surface area contributed by atoms with E-state index in [1.54, 1.807) is 33.1 Å². The Morgan fingerprint density at radius 2 is 1.85 bits per heavy atom. The number of hydrogen-bond acceptors (Lipinski definition) is 5. The molecule has 10 heteroatoms. The number of pyridine rings is 1. The van der Waals surface area contributed by atoms with Crippen LogP contribution >= 0.6 is 15.9 Å². The first-order valence-electron chi connectivity index (χ1n) is 11.3. The molecule has 0 bridgehead atoms. The number of carbonyl (C=O) groups is 1. The Hall–Kier alpha value is -2.43. The summed E-state index contributed by atoms with van der Waals surface area (Å²) in [6.07, 6.45) is 4.12. The number of benzene rings is 1. The fourth-order valence-electron chi connectivity index (χ4n) is 4.42. The van der Waals surface area contributed by atoms with Crippen LogP contribution in [0.4, 0.5) is 0 Å². The molecule has 0 saturated carbocycles. The van der Waals surface area contributed by atoms with Crippen molar-refractivity contribution in [2.45, 2.75) is 50.7 Å². The SMILES string of the molecule is CC(C)Oc1ccc(S(=O)(=O)N2CCC(Cc3cn(CC(=O)O)c4nc(Br)ccc34)CC2)cc1. The van der Waals surface area contributed by atoms with Gasteiger partial charge in [0.15, 0.2) is 0 Å². The van der Waals surface area contributed by atoms with Crippen LogP contribution in [0.15, 0.2) is 52.1 Å². The van der Waals surface area contributed by atoms with Crippen molar-refractivity contribution in [3.05, 3.63) is 52.8 Å². The number of piperidine rings is 1. The summed E-state index contributed by atoms with van der Waals surface area (Å²) in [6, 6.07) is 10.4. The maximum absolute atomic E-state index is 13.1. The van der Waals surface area contributed by atoms with Gasteiger partial charge in [0.25, 0.3) is 0 Å². The third-order valence-corrected chi connectivity index (χ3v) is 8.35. The summed E-state index contributed by atoms with van der Waals surface area (Å²) in [5.74, 6) is 0.0320. The number of sulfonamides is 1. The molecule has 1 fully saturated rings. The second kappa shape index (κ2) is 10.1. The van der Waals surface area contributed by atoms with Crippen molar-refractivity contribution in [3.63, 3.8) is 0 Å². The average molecular weight is 550 g/mol. The zero-order chi connectivity index (χ0) is 24.5. The van der Waals surface area contributed by atoms with Crippen LogP contribution in [0.1, 0.15) is 32.3 Å². The highest BCUT2D eigenvalue weighted by molar-refractivity contribution is 9.10. The minimum absolute atomic E-state index is 0.0249. The Labute approximate surface area is 207 Å². The predicted octanol–water partition coefficient (Wildman–Crippen LogP) is 4.31. The molecule has 0 radical (unpaired) electrons. The number of rotatable bonds is 8. The van der Waals surface area contributed by atoms with Gasteiger partial charge in [-0.15, -0.1) is 0 Å². The lowest BCUT2D eigenvalue weighted by atomic mass is 9.91. The molecule has 0 unspecified atom stereocenters. The summed E-state index contributed by atoms with van der Waals surface area (Å²) in [7, 11) is -3.56. The number of hydrogen-bond donors (Lipinski definition) is 1. The molecule has 4 rings (SSSR count).